The lowest BCUT2D eigenvalue weighted by molar-refractivity contribution is -0.132. The van der Waals surface area contributed by atoms with Crippen molar-refractivity contribution in [2.24, 2.45) is 0 Å². The number of anilines is 1. The van der Waals surface area contributed by atoms with Crippen LogP contribution in [0.2, 0.25) is 5.02 Å². The molecule has 1 aliphatic heterocycles. The Morgan fingerprint density at radius 3 is 2.48 bits per heavy atom. The first-order valence-corrected chi connectivity index (χ1v) is 9.71. The first-order chi connectivity index (χ1) is 11.7. The summed E-state index contributed by atoms with van der Waals surface area (Å²) in [4.78, 5) is 25.1. The van der Waals surface area contributed by atoms with Gasteiger partial charge in [0.05, 0.1) is 4.90 Å². The van der Waals surface area contributed by atoms with Crippen LogP contribution in [0, 0.1) is 0 Å². The van der Waals surface area contributed by atoms with Crippen molar-refractivity contribution < 1.29 is 18.0 Å². The van der Waals surface area contributed by atoms with Crippen LogP contribution in [0.25, 0.3) is 0 Å². The van der Waals surface area contributed by atoms with Crippen LogP contribution in [0.15, 0.2) is 51.8 Å². The molecule has 6 nitrogen and oxygen atoms in total. The van der Waals surface area contributed by atoms with Gasteiger partial charge in [-0.1, -0.05) is 27.5 Å². The lowest BCUT2D eigenvalue weighted by Gasteiger charge is -2.30. The van der Waals surface area contributed by atoms with Crippen molar-refractivity contribution in [3.05, 3.63) is 57.5 Å². The van der Waals surface area contributed by atoms with Crippen LogP contribution in [-0.2, 0) is 19.6 Å². The van der Waals surface area contributed by atoms with E-state index in [9.17, 15) is 18.0 Å². The standard InChI is InChI=1S/C16H12BrClN2O4S/c1-20-16(22)14(15(21)19-11-5-2-9(17)3-6-11)12-8-10(18)4-7-13(12)25(20,23)24/h2-8,14H,1H3,(H,19,21). The molecule has 0 radical (unpaired) electrons. The zero-order chi connectivity index (χ0) is 18.4. The minimum absolute atomic E-state index is 0.0743. The molecule has 2 aromatic carbocycles. The number of amides is 2. The maximum absolute atomic E-state index is 12.7. The Morgan fingerprint density at radius 2 is 1.84 bits per heavy atom. The molecular formula is C16H12BrClN2O4S. The highest BCUT2D eigenvalue weighted by molar-refractivity contribution is 9.10. The lowest BCUT2D eigenvalue weighted by Crippen LogP contribution is -2.45. The van der Waals surface area contributed by atoms with Crippen molar-refractivity contribution in [1.29, 1.82) is 0 Å². The molecule has 1 heterocycles. The highest BCUT2D eigenvalue weighted by atomic mass is 79.9. The van der Waals surface area contributed by atoms with Crippen LogP contribution >= 0.6 is 27.5 Å². The van der Waals surface area contributed by atoms with Gasteiger partial charge in [-0.25, -0.2) is 12.7 Å². The van der Waals surface area contributed by atoms with Crippen molar-refractivity contribution in [1.82, 2.24) is 4.31 Å². The number of carbonyl (C=O) groups excluding carboxylic acids is 2. The van der Waals surface area contributed by atoms with Crippen molar-refractivity contribution in [3.8, 4) is 0 Å². The molecule has 3 rings (SSSR count). The van der Waals surface area contributed by atoms with E-state index in [2.05, 4.69) is 21.2 Å². The lowest BCUT2D eigenvalue weighted by atomic mass is 9.96. The molecule has 1 N–H and O–H groups in total. The van der Waals surface area contributed by atoms with E-state index in [4.69, 9.17) is 11.6 Å². The van der Waals surface area contributed by atoms with Crippen LogP contribution in [0.4, 0.5) is 5.69 Å². The van der Waals surface area contributed by atoms with Gasteiger partial charge in [-0.2, -0.15) is 0 Å². The summed E-state index contributed by atoms with van der Waals surface area (Å²) in [6, 6.07) is 10.8. The van der Waals surface area contributed by atoms with Gasteiger partial charge < -0.3 is 5.32 Å². The summed E-state index contributed by atoms with van der Waals surface area (Å²) in [6.07, 6.45) is 0. The van der Waals surface area contributed by atoms with E-state index in [1.165, 1.54) is 18.2 Å². The highest BCUT2D eigenvalue weighted by Crippen LogP contribution is 2.36. The maximum Gasteiger partial charge on any atom is 0.266 e. The van der Waals surface area contributed by atoms with Gasteiger partial charge in [0, 0.05) is 22.2 Å². The molecule has 1 atom stereocenters. The Kier molecular flexibility index (Phi) is 4.61. The second kappa shape index (κ2) is 6.44. The van der Waals surface area contributed by atoms with Gasteiger partial charge in [0.25, 0.3) is 15.9 Å². The Bertz CT molecular complexity index is 976. The quantitative estimate of drug-likeness (QED) is 0.723. The van der Waals surface area contributed by atoms with Crippen molar-refractivity contribution in [3.63, 3.8) is 0 Å². The summed E-state index contributed by atoms with van der Waals surface area (Å²) in [6.45, 7) is 0. The number of hydrogen-bond donors (Lipinski definition) is 1. The number of halogens is 2. The SMILES string of the molecule is CN1C(=O)C(C(=O)Nc2ccc(Br)cc2)c2cc(Cl)ccc2S1(=O)=O. The molecule has 0 bridgehead atoms. The summed E-state index contributed by atoms with van der Waals surface area (Å²) in [7, 11) is -2.86. The molecule has 9 heteroatoms. The number of benzene rings is 2. The molecule has 130 valence electrons. The molecule has 1 unspecified atom stereocenters. The largest absolute Gasteiger partial charge is 0.325 e. The van der Waals surface area contributed by atoms with E-state index in [1.54, 1.807) is 24.3 Å². The van der Waals surface area contributed by atoms with Gasteiger partial charge in [-0.3, -0.25) is 9.59 Å². The fourth-order valence-electron chi connectivity index (χ4n) is 2.56. The zero-order valence-electron chi connectivity index (χ0n) is 12.9. The van der Waals surface area contributed by atoms with E-state index >= 15 is 0 Å². The molecule has 25 heavy (non-hydrogen) atoms. The summed E-state index contributed by atoms with van der Waals surface area (Å²) in [5.74, 6) is -2.76. The first kappa shape index (κ1) is 17.9. The van der Waals surface area contributed by atoms with Crippen LogP contribution in [0.1, 0.15) is 11.5 Å². The maximum atomic E-state index is 12.7. The van der Waals surface area contributed by atoms with Gasteiger partial charge in [-0.15, -0.1) is 0 Å². The van der Waals surface area contributed by atoms with Gasteiger partial charge in [0.1, 0.15) is 5.92 Å². The first-order valence-electron chi connectivity index (χ1n) is 7.10. The summed E-state index contributed by atoms with van der Waals surface area (Å²) in [5, 5.41) is 2.88. The predicted octanol–water partition coefficient (Wildman–Crippen LogP) is 2.99. The summed E-state index contributed by atoms with van der Waals surface area (Å²) >= 11 is 9.24. The molecule has 0 saturated carbocycles. The minimum atomic E-state index is -3.99. The average Bonchev–Trinajstić information content (AvgIpc) is 2.55. The van der Waals surface area contributed by atoms with E-state index in [0.717, 1.165) is 11.5 Å². The second-order valence-electron chi connectivity index (χ2n) is 5.42. The number of fused-ring (bicyclic) bond motifs is 1. The monoisotopic (exact) mass is 442 g/mol. The van der Waals surface area contributed by atoms with Gasteiger partial charge in [0.2, 0.25) is 5.91 Å². The van der Waals surface area contributed by atoms with Gasteiger partial charge in [0.15, 0.2) is 0 Å². The molecule has 0 aromatic heterocycles. The smallest absolute Gasteiger partial charge is 0.266 e. The Hall–Kier alpha value is -1.90. The van der Waals surface area contributed by atoms with Crippen molar-refractivity contribution in [2.45, 2.75) is 10.8 Å². The third kappa shape index (κ3) is 3.17. The minimum Gasteiger partial charge on any atom is -0.325 e. The van der Waals surface area contributed by atoms with Crippen LogP contribution < -0.4 is 5.32 Å². The number of nitrogens with zero attached hydrogens (tertiary/aromatic N) is 1. The van der Waals surface area contributed by atoms with E-state index in [-0.39, 0.29) is 15.5 Å². The Morgan fingerprint density at radius 1 is 1.20 bits per heavy atom. The number of likely N-dealkylation sites (N-methyl/N-ethyl adjacent to an activating group) is 1. The average molecular weight is 444 g/mol. The van der Waals surface area contributed by atoms with E-state index in [1.807, 2.05) is 0 Å². The highest BCUT2D eigenvalue weighted by Gasteiger charge is 2.44. The normalized spacial score (nSPS) is 18.6. The molecule has 2 amide bonds. The molecule has 1 aliphatic rings. The Labute approximate surface area is 158 Å². The van der Waals surface area contributed by atoms with Crippen LogP contribution in [0.3, 0.4) is 0 Å². The number of carbonyl (C=O) groups is 2. The molecule has 0 saturated heterocycles. The Balaban J connectivity index is 2.05. The van der Waals surface area contributed by atoms with E-state index < -0.39 is 27.8 Å². The number of nitrogens with one attached hydrogen (secondary N) is 1. The third-order valence-electron chi connectivity index (χ3n) is 3.85. The third-order valence-corrected chi connectivity index (χ3v) is 6.44. The zero-order valence-corrected chi connectivity index (χ0v) is 16.0. The molecular weight excluding hydrogens is 432 g/mol. The van der Waals surface area contributed by atoms with E-state index in [0.29, 0.717) is 9.99 Å². The van der Waals surface area contributed by atoms with Gasteiger partial charge in [-0.05, 0) is 48.0 Å². The number of hydrogen-bond acceptors (Lipinski definition) is 4. The number of sulfonamides is 1. The van der Waals surface area contributed by atoms with Crippen molar-refractivity contribution in [2.75, 3.05) is 12.4 Å². The molecule has 2 aromatic rings. The predicted molar refractivity (Wildman–Crippen MR) is 96.9 cm³/mol. The molecule has 0 aliphatic carbocycles. The van der Waals surface area contributed by atoms with Crippen LogP contribution in [0.5, 0.6) is 0 Å². The number of rotatable bonds is 2. The van der Waals surface area contributed by atoms with Gasteiger partial charge >= 0.3 is 0 Å². The second-order valence-corrected chi connectivity index (χ2v) is 8.71. The molecule has 0 fully saturated rings. The topological polar surface area (TPSA) is 83.6 Å². The fourth-order valence-corrected chi connectivity index (χ4v) is 4.36. The van der Waals surface area contributed by atoms with Crippen LogP contribution in [-0.4, -0.2) is 31.6 Å². The fraction of sp³-hybridized carbons (Fsp3) is 0.125. The van der Waals surface area contributed by atoms with Crippen molar-refractivity contribution >= 4 is 55.1 Å². The molecule has 0 spiro atoms. The summed E-state index contributed by atoms with van der Waals surface area (Å²) in [5.41, 5.74) is 0.561. The summed E-state index contributed by atoms with van der Waals surface area (Å²) < 4.78 is 26.3.